The number of hydrogen-bond acceptors (Lipinski definition) is 4. The molecule has 0 aliphatic rings. The topological polar surface area (TPSA) is 69.1 Å². The first-order valence-electron chi connectivity index (χ1n) is 9.45. The van der Waals surface area contributed by atoms with E-state index in [0.717, 1.165) is 16.7 Å². The van der Waals surface area contributed by atoms with Crippen LogP contribution in [0.3, 0.4) is 0 Å². The average molecular weight is 439 g/mol. The standard InChI is InChI=1S/C24H20Cl2N2O2/c1-24(2,3)22(29)21-19(27)18-12-17(13-4-8-15(25)9-5-13)20(28-23(18)30-21)14-6-10-16(26)11-7-14/h4-12H,27H2,1-3H3. The van der Waals surface area contributed by atoms with E-state index in [9.17, 15) is 4.79 Å². The van der Waals surface area contributed by atoms with E-state index in [2.05, 4.69) is 0 Å². The molecule has 4 nitrogen and oxygen atoms in total. The minimum atomic E-state index is -0.625. The van der Waals surface area contributed by atoms with E-state index < -0.39 is 5.41 Å². The molecule has 152 valence electrons. The number of benzene rings is 2. The predicted molar refractivity (Wildman–Crippen MR) is 123 cm³/mol. The lowest BCUT2D eigenvalue weighted by atomic mass is 9.89. The molecule has 2 heterocycles. The highest BCUT2D eigenvalue weighted by Gasteiger charge is 2.30. The molecule has 30 heavy (non-hydrogen) atoms. The molecule has 0 atom stereocenters. The van der Waals surface area contributed by atoms with Gasteiger partial charge in [-0.25, -0.2) is 4.98 Å². The number of hydrogen-bond donors (Lipinski definition) is 1. The Morgan fingerprint density at radius 3 is 2.00 bits per heavy atom. The Kier molecular flexibility index (Phi) is 5.08. The number of nitrogens with zero attached hydrogens (tertiary/aromatic N) is 1. The summed E-state index contributed by atoms with van der Waals surface area (Å²) < 4.78 is 5.85. The molecular formula is C24H20Cl2N2O2. The molecule has 2 aromatic carbocycles. The fourth-order valence-electron chi connectivity index (χ4n) is 3.23. The van der Waals surface area contributed by atoms with E-state index in [4.69, 9.17) is 38.3 Å². The van der Waals surface area contributed by atoms with Gasteiger partial charge in [0.2, 0.25) is 11.5 Å². The van der Waals surface area contributed by atoms with Crippen molar-refractivity contribution in [2.75, 3.05) is 5.73 Å². The summed E-state index contributed by atoms with van der Waals surface area (Å²) >= 11 is 12.1. The monoisotopic (exact) mass is 438 g/mol. The van der Waals surface area contributed by atoms with Crippen LogP contribution in [0, 0.1) is 5.41 Å². The van der Waals surface area contributed by atoms with Gasteiger partial charge in [-0.1, -0.05) is 68.2 Å². The Labute approximate surface area is 184 Å². The number of ketones is 1. The van der Waals surface area contributed by atoms with Crippen molar-refractivity contribution in [1.29, 1.82) is 0 Å². The van der Waals surface area contributed by atoms with Gasteiger partial charge in [0.1, 0.15) is 0 Å². The first-order chi connectivity index (χ1) is 14.1. The number of nitrogen functional groups attached to an aromatic ring is 1. The molecule has 0 spiro atoms. The Balaban J connectivity index is 2.00. The Morgan fingerprint density at radius 2 is 1.47 bits per heavy atom. The zero-order valence-electron chi connectivity index (χ0n) is 16.8. The largest absolute Gasteiger partial charge is 0.432 e. The number of Topliss-reactive ketones (excluding diaryl/α,β-unsaturated/α-hetero) is 1. The van der Waals surface area contributed by atoms with Gasteiger partial charge in [0.15, 0.2) is 5.76 Å². The minimum Gasteiger partial charge on any atom is -0.432 e. The third-order valence-corrected chi connectivity index (χ3v) is 5.39. The van der Waals surface area contributed by atoms with Crippen LogP contribution in [0.15, 0.2) is 59.0 Å². The van der Waals surface area contributed by atoms with Crippen molar-refractivity contribution in [1.82, 2.24) is 4.98 Å². The zero-order chi connectivity index (χ0) is 21.6. The number of anilines is 1. The fourth-order valence-corrected chi connectivity index (χ4v) is 3.48. The van der Waals surface area contributed by atoms with Gasteiger partial charge in [-0.3, -0.25) is 4.79 Å². The van der Waals surface area contributed by atoms with Crippen molar-refractivity contribution >= 4 is 45.8 Å². The number of carbonyl (C=O) groups excluding carboxylic acids is 1. The van der Waals surface area contributed by atoms with Crippen LogP contribution < -0.4 is 5.73 Å². The quantitative estimate of drug-likeness (QED) is 0.341. The lowest BCUT2D eigenvalue weighted by Gasteiger charge is -2.14. The molecule has 0 fully saturated rings. The third-order valence-electron chi connectivity index (χ3n) is 4.88. The summed E-state index contributed by atoms with van der Waals surface area (Å²) in [6.45, 7) is 5.48. The van der Waals surface area contributed by atoms with Gasteiger partial charge >= 0.3 is 0 Å². The van der Waals surface area contributed by atoms with Crippen molar-refractivity contribution in [3.05, 3.63) is 70.4 Å². The molecule has 0 saturated heterocycles. The SMILES string of the molecule is CC(C)(C)C(=O)c1oc2nc(-c3ccc(Cl)cc3)c(-c3ccc(Cl)cc3)cc2c1N. The number of fused-ring (bicyclic) bond motifs is 1. The number of rotatable bonds is 3. The Hall–Kier alpha value is -2.82. The maximum absolute atomic E-state index is 12.8. The van der Waals surface area contributed by atoms with Gasteiger partial charge in [0.05, 0.1) is 16.8 Å². The van der Waals surface area contributed by atoms with E-state index in [0.29, 0.717) is 32.5 Å². The van der Waals surface area contributed by atoms with Crippen LogP contribution in [0.2, 0.25) is 10.0 Å². The van der Waals surface area contributed by atoms with Crippen molar-refractivity contribution in [2.24, 2.45) is 5.41 Å². The number of nitrogens with two attached hydrogens (primary N) is 1. The molecule has 0 amide bonds. The molecule has 0 radical (unpaired) electrons. The Morgan fingerprint density at radius 1 is 0.933 bits per heavy atom. The maximum atomic E-state index is 12.8. The normalized spacial score (nSPS) is 11.8. The predicted octanol–water partition coefficient (Wildman–Crippen LogP) is 7.28. The minimum absolute atomic E-state index is 0.139. The first-order valence-corrected chi connectivity index (χ1v) is 10.2. The second-order valence-corrected chi connectivity index (χ2v) is 9.05. The molecule has 0 aliphatic heterocycles. The van der Waals surface area contributed by atoms with Gasteiger partial charge in [-0.05, 0) is 35.9 Å². The van der Waals surface area contributed by atoms with Crippen molar-refractivity contribution < 1.29 is 9.21 Å². The number of aromatic nitrogens is 1. The highest BCUT2D eigenvalue weighted by molar-refractivity contribution is 6.31. The molecule has 0 saturated carbocycles. The number of furan rings is 1. The number of halogens is 2. The summed E-state index contributed by atoms with van der Waals surface area (Å²) in [5.74, 6) is -0.0283. The van der Waals surface area contributed by atoms with Gasteiger partial charge < -0.3 is 10.2 Å². The molecule has 4 rings (SSSR count). The van der Waals surface area contributed by atoms with Crippen LogP contribution in [0.25, 0.3) is 33.5 Å². The van der Waals surface area contributed by atoms with Crippen LogP contribution in [0.4, 0.5) is 5.69 Å². The second-order valence-electron chi connectivity index (χ2n) is 8.18. The Bertz CT molecular complexity index is 1250. The van der Waals surface area contributed by atoms with E-state index in [1.807, 2.05) is 63.2 Å². The van der Waals surface area contributed by atoms with Crippen LogP contribution in [0.5, 0.6) is 0 Å². The number of pyridine rings is 1. The van der Waals surface area contributed by atoms with Crippen LogP contribution in [-0.4, -0.2) is 10.8 Å². The maximum Gasteiger partial charge on any atom is 0.229 e. The average Bonchev–Trinajstić information content (AvgIpc) is 3.02. The van der Waals surface area contributed by atoms with Gasteiger partial charge in [-0.2, -0.15) is 0 Å². The van der Waals surface area contributed by atoms with Crippen molar-refractivity contribution in [3.63, 3.8) is 0 Å². The molecular weight excluding hydrogens is 419 g/mol. The molecule has 0 bridgehead atoms. The van der Waals surface area contributed by atoms with E-state index >= 15 is 0 Å². The summed E-state index contributed by atoms with van der Waals surface area (Å²) in [7, 11) is 0. The summed E-state index contributed by atoms with van der Waals surface area (Å²) in [6, 6.07) is 16.8. The highest BCUT2D eigenvalue weighted by atomic mass is 35.5. The van der Waals surface area contributed by atoms with Crippen LogP contribution in [-0.2, 0) is 0 Å². The van der Waals surface area contributed by atoms with Gasteiger partial charge in [0, 0.05) is 26.6 Å². The van der Waals surface area contributed by atoms with Gasteiger partial charge in [0.25, 0.3) is 0 Å². The molecule has 2 N–H and O–H groups in total. The van der Waals surface area contributed by atoms with E-state index in [1.54, 1.807) is 12.1 Å². The lowest BCUT2D eigenvalue weighted by Crippen LogP contribution is -2.20. The van der Waals surface area contributed by atoms with Crippen LogP contribution in [0.1, 0.15) is 31.3 Å². The molecule has 4 aromatic rings. The van der Waals surface area contributed by atoms with E-state index in [1.165, 1.54) is 0 Å². The molecule has 0 aliphatic carbocycles. The summed E-state index contributed by atoms with van der Waals surface area (Å²) in [5.41, 5.74) is 9.66. The second kappa shape index (κ2) is 7.46. The van der Waals surface area contributed by atoms with Crippen molar-refractivity contribution in [2.45, 2.75) is 20.8 Å². The van der Waals surface area contributed by atoms with Crippen LogP contribution >= 0.6 is 23.2 Å². The van der Waals surface area contributed by atoms with Crippen molar-refractivity contribution in [3.8, 4) is 22.4 Å². The molecule has 0 unspecified atom stereocenters. The summed E-state index contributed by atoms with van der Waals surface area (Å²) in [5, 5.41) is 1.88. The summed E-state index contributed by atoms with van der Waals surface area (Å²) in [4.78, 5) is 17.6. The lowest BCUT2D eigenvalue weighted by molar-refractivity contribution is 0.0832. The zero-order valence-corrected chi connectivity index (χ0v) is 18.3. The van der Waals surface area contributed by atoms with Gasteiger partial charge in [-0.15, -0.1) is 0 Å². The first kappa shape index (κ1) is 20.5. The third kappa shape index (κ3) is 3.69. The van der Waals surface area contributed by atoms with E-state index in [-0.39, 0.29) is 11.5 Å². The number of carbonyl (C=O) groups is 1. The highest BCUT2D eigenvalue weighted by Crippen LogP contribution is 2.39. The molecule has 2 aromatic heterocycles. The summed E-state index contributed by atoms with van der Waals surface area (Å²) in [6.07, 6.45) is 0. The smallest absolute Gasteiger partial charge is 0.229 e. The molecule has 6 heteroatoms. The fraction of sp³-hybridized carbons (Fsp3) is 0.167.